The van der Waals surface area contributed by atoms with Gasteiger partial charge in [-0.2, -0.15) is 5.26 Å². The maximum Gasteiger partial charge on any atom is 0.151 e. The van der Waals surface area contributed by atoms with Crippen molar-refractivity contribution in [1.29, 1.82) is 5.26 Å². The summed E-state index contributed by atoms with van der Waals surface area (Å²) in [6, 6.07) is 16.3. The molecule has 0 aliphatic carbocycles. The number of nitriles is 1. The lowest BCUT2D eigenvalue weighted by molar-refractivity contribution is 0.498. The molecule has 1 aliphatic rings. The number of fused-ring (bicyclic) bond motifs is 1. The Morgan fingerprint density at radius 2 is 2.00 bits per heavy atom. The summed E-state index contributed by atoms with van der Waals surface area (Å²) >= 11 is 0. The van der Waals surface area contributed by atoms with Gasteiger partial charge < -0.3 is 10.2 Å². The average Bonchev–Trinajstić information content (AvgIpc) is 3.20. The van der Waals surface area contributed by atoms with Crippen molar-refractivity contribution >= 4 is 16.9 Å². The van der Waals surface area contributed by atoms with E-state index in [1.54, 1.807) is 24.7 Å². The van der Waals surface area contributed by atoms with E-state index in [4.69, 9.17) is 4.98 Å². The zero-order valence-electron chi connectivity index (χ0n) is 16.7. The van der Waals surface area contributed by atoms with Crippen molar-refractivity contribution in [2.24, 2.45) is 0 Å². The number of hydrogen-bond donors (Lipinski definition) is 1. The summed E-state index contributed by atoms with van der Waals surface area (Å²) in [5, 5.41) is 13.8. The Labute approximate surface area is 174 Å². The molecule has 4 heterocycles. The van der Waals surface area contributed by atoms with Crippen LogP contribution in [-0.4, -0.2) is 45.2 Å². The molecule has 1 atom stereocenters. The summed E-state index contributed by atoms with van der Waals surface area (Å²) in [4.78, 5) is 16.2. The van der Waals surface area contributed by atoms with E-state index in [0.717, 1.165) is 47.6 Å². The van der Waals surface area contributed by atoms with E-state index in [1.165, 1.54) is 0 Å². The summed E-state index contributed by atoms with van der Waals surface area (Å²) in [7, 11) is 0. The minimum atomic E-state index is 0.323. The van der Waals surface area contributed by atoms with Gasteiger partial charge in [-0.25, -0.2) is 15.0 Å². The Kier molecular flexibility index (Phi) is 4.62. The summed E-state index contributed by atoms with van der Waals surface area (Å²) < 4.78 is 1.95. The third kappa shape index (κ3) is 3.08. The van der Waals surface area contributed by atoms with Crippen LogP contribution in [0.1, 0.15) is 12.5 Å². The lowest BCUT2D eigenvalue weighted by atomic mass is 10.1. The molecule has 1 N–H and O–H groups in total. The lowest BCUT2D eigenvalue weighted by Gasteiger charge is -2.35. The first kappa shape index (κ1) is 18.3. The SMILES string of the molecule is C[C@H]1CNCCN1c1ncnc2c1c(-c1ccccc1)cn2-c1cc(C#N)ccn1. The fourth-order valence-electron chi connectivity index (χ4n) is 4.05. The molecule has 1 aromatic carbocycles. The zero-order chi connectivity index (χ0) is 20.5. The molecule has 3 aromatic heterocycles. The van der Waals surface area contributed by atoms with E-state index in [-0.39, 0.29) is 0 Å². The molecular weight excluding hydrogens is 374 g/mol. The monoisotopic (exact) mass is 395 g/mol. The van der Waals surface area contributed by atoms with Crippen LogP contribution in [0.15, 0.2) is 61.2 Å². The van der Waals surface area contributed by atoms with Gasteiger partial charge in [0, 0.05) is 43.6 Å². The first-order chi connectivity index (χ1) is 14.8. The highest BCUT2D eigenvalue weighted by Crippen LogP contribution is 2.37. The number of nitrogens with zero attached hydrogens (tertiary/aromatic N) is 6. The quantitative estimate of drug-likeness (QED) is 0.574. The van der Waals surface area contributed by atoms with Crippen LogP contribution in [0.5, 0.6) is 0 Å². The molecule has 0 amide bonds. The van der Waals surface area contributed by atoms with E-state index in [9.17, 15) is 5.26 Å². The first-order valence-electron chi connectivity index (χ1n) is 10.0. The average molecular weight is 395 g/mol. The van der Waals surface area contributed by atoms with Crippen molar-refractivity contribution in [3.63, 3.8) is 0 Å². The maximum absolute atomic E-state index is 9.32. The Morgan fingerprint density at radius 3 is 2.80 bits per heavy atom. The van der Waals surface area contributed by atoms with E-state index >= 15 is 0 Å². The van der Waals surface area contributed by atoms with E-state index in [0.29, 0.717) is 17.4 Å². The predicted molar refractivity (Wildman–Crippen MR) is 116 cm³/mol. The zero-order valence-corrected chi connectivity index (χ0v) is 16.7. The van der Waals surface area contributed by atoms with Crippen LogP contribution < -0.4 is 10.2 Å². The standard InChI is InChI=1S/C23H21N7/c1-16-13-25-9-10-29(16)22-21-19(18-5-3-2-4-6-18)14-30(23(21)28-15-27-22)20-11-17(12-24)7-8-26-20/h2-8,11,14-16,25H,9-10,13H2,1H3/t16-/m0/s1. The van der Waals surface area contributed by atoms with Crippen LogP contribution in [0.2, 0.25) is 0 Å². The van der Waals surface area contributed by atoms with Gasteiger partial charge in [0.25, 0.3) is 0 Å². The van der Waals surface area contributed by atoms with Gasteiger partial charge in [-0.15, -0.1) is 0 Å². The minimum absolute atomic E-state index is 0.323. The number of pyridine rings is 1. The molecule has 148 valence electrons. The summed E-state index contributed by atoms with van der Waals surface area (Å²) in [5.41, 5.74) is 3.49. The highest BCUT2D eigenvalue weighted by atomic mass is 15.3. The molecule has 4 aromatic rings. The van der Waals surface area contributed by atoms with Crippen molar-refractivity contribution in [2.45, 2.75) is 13.0 Å². The van der Waals surface area contributed by atoms with Gasteiger partial charge in [0.15, 0.2) is 5.65 Å². The molecule has 0 saturated carbocycles. The fourth-order valence-corrected chi connectivity index (χ4v) is 4.05. The van der Waals surface area contributed by atoms with E-state index in [2.05, 4.69) is 51.5 Å². The van der Waals surface area contributed by atoms with Crippen LogP contribution in [0.4, 0.5) is 5.82 Å². The Morgan fingerprint density at radius 1 is 1.13 bits per heavy atom. The van der Waals surface area contributed by atoms with Gasteiger partial charge in [0.1, 0.15) is 18.0 Å². The number of nitrogens with one attached hydrogen (secondary N) is 1. The van der Waals surface area contributed by atoms with Crippen molar-refractivity contribution in [3.05, 3.63) is 66.7 Å². The number of piperazine rings is 1. The van der Waals surface area contributed by atoms with Crippen molar-refractivity contribution in [2.75, 3.05) is 24.5 Å². The number of aromatic nitrogens is 4. The number of benzene rings is 1. The molecule has 5 rings (SSSR count). The Bertz CT molecular complexity index is 1240. The second kappa shape index (κ2) is 7.58. The molecule has 0 bridgehead atoms. The molecular formula is C23H21N7. The largest absolute Gasteiger partial charge is 0.351 e. The molecule has 0 unspecified atom stereocenters. The summed E-state index contributed by atoms with van der Waals surface area (Å²) in [6.07, 6.45) is 5.32. The number of anilines is 1. The predicted octanol–water partition coefficient (Wildman–Crippen LogP) is 3.15. The lowest BCUT2D eigenvalue weighted by Crippen LogP contribution is -2.50. The Hall–Kier alpha value is -3.76. The van der Waals surface area contributed by atoms with E-state index in [1.807, 2.05) is 22.8 Å². The highest BCUT2D eigenvalue weighted by Gasteiger charge is 2.25. The van der Waals surface area contributed by atoms with Crippen LogP contribution in [0, 0.1) is 11.3 Å². The smallest absolute Gasteiger partial charge is 0.151 e. The minimum Gasteiger partial charge on any atom is -0.351 e. The van der Waals surface area contributed by atoms with Gasteiger partial charge in [0.05, 0.1) is 17.0 Å². The molecule has 1 fully saturated rings. The highest BCUT2D eigenvalue weighted by molar-refractivity contribution is 6.02. The molecule has 0 radical (unpaired) electrons. The van der Waals surface area contributed by atoms with Gasteiger partial charge in [0.2, 0.25) is 0 Å². The third-order valence-corrected chi connectivity index (χ3v) is 5.54. The molecule has 0 spiro atoms. The van der Waals surface area contributed by atoms with Crippen LogP contribution in [0.3, 0.4) is 0 Å². The van der Waals surface area contributed by atoms with E-state index < -0.39 is 0 Å². The second-order valence-corrected chi connectivity index (χ2v) is 7.44. The van der Waals surface area contributed by atoms with Crippen LogP contribution in [0.25, 0.3) is 28.0 Å². The van der Waals surface area contributed by atoms with Crippen molar-refractivity contribution in [3.8, 4) is 23.0 Å². The van der Waals surface area contributed by atoms with Gasteiger partial charge >= 0.3 is 0 Å². The van der Waals surface area contributed by atoms with Gasteiger partial charge in [-0.05, 0) is 24.6 Å². The van der Waals surface area contributed by atoms with Gasteiger partial charge in [-0.3, -0.25) is 4.57 Å². The normalized spacial score (nSPS) is 16.5. The maximum atomic E-state index is 9.32. The van der Waals surface area contributed by atoms with Crippen LogP contribution in [-0.2, 0) is 0 Å². The molecule has 30 heavy (non-hydrogen) atoms. The topological polar surface area (TPSA) is 82.7 Å². The molecule has 7 heteroatoms. The first-order valence-corrected chi connectivity index (χ1v) is 10.0. The fraction of sp³-hybridized carbons (Fsp3) is 0.217. The molecule has 1 aliphatic heterocycles. The second-order valence-electron chi connectivity index (χ2n) is 7.44. The Balaban J connectivity index is 1.79. The van der Waals surface area contributed by atoms with Gasteiger partial charge in [-0.1, -0.05) is 30.3 Å². The summed E-state index contributed by atoms with van der Waals surface area (Å²) in [5.74, 6) is 1.60. The summed E-state index contributed by atoms with van der Waals surface area (Å²) in [6.45, 7) is 4.92. The number of rotatable bonds is 3. The van der Waals surface area contributed by atoms with Crippen LogP contribution >= 0.6 is 0 Å². The molecule has 1 saturated heterocycles. The number of hydrogen-bond acceptors (Lipinski definition) is 6. The molecule has 7 nitrogen and oxygen atoms in total. The third-order valence-electron chi connectivity index (χ3n) is 5.54. The van der Waals surface area contributed by atoms with Crippen molar-refractivity contribution < 1.29 is 0 Å². The van der Waals surface area contributed by atoms with Crippen molar-refractivity contribution in [1.82, 2.24) is 24.8 Å².